The van der Waals surface area contributed by atoms with E-state index in [9.17, 15) is 4.79 Å². The van der Waals surface area contributed by atoms with Gasteiger partial charge < -0.3 is 10.2 Å². The summed E-state index contributed by atoms with van der Waals surface area (Å²) in [6, 6.07) is 11.1. The maximum atomic E-state index is 12.7. The van der Waals surface area contributed by atoms with E-state index in [1.54, 1.807) is 0 Å². The Kier molecular flexibility index (Phi) is 5.09. The van der Waals surface area contributed by atoms with E-state index in [-0.39, 0.29) is 0 Å². The molecule has 25 heavy (non-hydrogen) atoms. The molecule has 0 radical (unpaired) electrons. The van der Waals surface area contributed by atoms with Gasteiger partial charge >= 0.3 is 0 Å². The van der Waals surface area contributed by atoms with E-state index >= 15 is 0 Å². The van der Waals surface area contributed by atoms with Crippen molar-refractivity contribution in [1.29, 1.82) is 0 Å². The van der Waals surface area contributed by atoms with Crippen LogP contribution in [0.1, 0.15) is 44.1 Å². The van der Waals surface area contributed by atoms with Gasteiger partial charge in [-0.2, -0.15) is 0 Å². The van der Waals surface area contributed by atoms with Gasteiger partial charge in [0.05, 0.1) is 0 Å². The highest BCUT2D eigenvalue weighted by atomic mass is 16.2. The van der Waals surface area contributed by atoms with Crippen LogP contribution in [0, 0.1) is 5.41 Å². The fraction of sp³-hybridized carbons (Fsp3) is 0.667. The molecule has 0 unspecified atom stereocenters. The van der Waals surface area contributed by atoms with Gasteiger partial charge in [-0.15, -0.1) is 0 Å². The Morgan fingerprint density at radius 2 is 1.92 bits per heavy atom. The van der Waals surface area contributed by atoms with E-state index in [4.69, 9.17) is 0 Å². The first kappa shape index (κ1) is 17.0. The third kappa shape index (κ3) is 3.90. The third-order valence-corrected chi connectivity index (χ3v) is 6.53. The van der Waals surface area contributed by atoms with Gasteiger partial charge in [-0.1, -0.05) is 30.3 Å². The minimum absolute atomic E-state index is 0.390. The highest BCUT2D eigenvalue weighted by Gasteiger charge is 2.42. The molecule has 3 fully saturated rings. The second-order valence-corrected chi connectivity index (χ2v) is 8.29. The summed E-state index contributed by atoms with van der Waals surface area (Å²) in [4.78, 5) is 17.5. The van der Waals surface area contributed by atoms with Gasteiger partial charge in [-0.25, -0.2) is 0 Å². The second-order valence-electron chi connectivity index (χ2n) is 8.29. The van der Waals surface area contributed by atoms with Crippen LogP contribution in [0.4, 0.5) is 0 Å². The number of piperidine rings is 3. The van der Waals surface area contributed by atoms with Gasteiger partial charge in [0, 0.05) is 32.1 Å². The van der Waals surface area contributed by atoms with Crippen molar-refractivity contribution in [3.05, 3.63) is 35.9 Å². The number of nitrogens with one attached hydrogen (secondary N) is 1. The zero-order valence-electron chi connectivity index (χ0n) is 15.3. The van der Waals surface area contributed by atoms with E-state index in [1.807, 2.05) is 0 Å². The van der Waals surface area contributed by atoms with Crippen LogP contribution in [0.5, 0.6) is 0 Å². The predicted molar refractivity (Wildman–Crippen MR) is 100 cm³/mol. The zero-order valence-corrected chi connectivity index (χ0v) is 15.3. The van der Waals surface area contributed by atoms with Crippen molar-refractivity contribution in [3.8, 4) is 0 Å². The summed E-state index contributed by atoms with van der Waals surface area (Å²) in [6.45, 7) is 6.43. The summed E-state index contributed by atoms with van der Waals surface area (Å²) in [5, 5.41) is 3.48. The molecule has 3 aliphatic rings. The molecular weight excluding hydrogens is 310 g/mol. The lowest BCUT2D eigenvalue weighted by atomic mass is 9.72. The van der Waals surface area contributed by atoms with Crippen LogP contribution in [0.2, 0.25) is 0 Å². The first-order chi connectivity index (χ1) is 12.2. The van der Waals surface area contributed by atoms with Crippen molar-refractivity contribution in [1.82, 2.24) is 15.1 Å². The maximum Gasteiger partial charge on any atom is 0.222 e. The highest BCUT2D eigenvalue weighted by Crippen LogP contribution is 2.39. The molecule has 4 nitrogen and oxygen atoms in total. The molecular formula is C21H31N3O. The minimum atomic E-state index is 0.390. The topological polar surface area (TPSA) is 35.6 Å². The Hall–Kier alpha value is -1.39. The smallest absolute Gasteiger partial charge is 0.222 e. The molecule has 3 aliphatic heterocycles. The largest absolute Gasteiger partial charge is 0.338 e. The fourth-order valence-corrected chi connectivity index (χ4v) is 5.01. The molecule has 0 aliphatic carbocycles. The molecule has 136 valence electrons. The molecule has 1 amide bonds. The van der Waals surface area contributed by atoms with E-state index in [0.717, 1.165) is 52.1 Å². The Bertz CT molecular complexity index is 582. The SMILES string of the molecule is O=C1CCC2(CCNCC2)CN1[C@H]1CCCN(Cc2ccccc2)C1. The van der Waals surface area contributed by atoms with E-state index in [2.05, 4.69) is 45.4 Å². The molecule has 0 bridgehead atoms. The van der Waals surface area contributed by atoms with Crippen molar-refractivity contribution in [2.45, 2.75) is 51.1 Å². The number of nitrogens with zero attached hydrogens (tertiary/aromatic N) is 2. The normalized spacial score (nSPS) is 27.6. The van der Waals surface area contributed by atoms with Crippen molar-refractivity contribution in [2.24, 2.45) is 5.41 Å². The van der Waals surface area contributed by atoms with Gasteiger partial charge in [0.15, 0.2) is 0 Å². The molecule has 1 atom stereocenters. The van der Waals surface area contributed by atoms with Gasteiger partial charge in [-0.3, -0.25) is 9.69 Å². The summed E-state index contributed by atoms with van der Waals surface area (Å²) in [7, 11) is 0. The molecule has 4 heteroatoms. The van der Waals surface area contributed by atoms with Gasteiger partial charge in [0.1, 0.15) is 0 Å². The third-order valence-electron chi connectivity index (χ3n) is 6.53. The highest BCUT2D eigenvalue weighted by molar-refractivity contribution is 5.77. The molecule has 0 saturated carbocycles. The number of amides is 1. The number of rotatable bonds is 3. The minimum Gasteiger partial charge on any atom is -0.338 e. The predicted octanol–water partition coefficient (Wildman–Crippen LogP) is 2.64. The van der Waals surface area contributed by atoms with Gasteiger partial charge in [0.25, 0.3) is 0 Å². The first-order valence-electron chi connectivity index (χ1n) is 10.0. The summed E-state index contributed by atoms with van der Waals surface area (Å²) in [6.07, 6.45) is 6.70. The Morgan fingerprint density at radius 3 is 2.72 bits per heavy atom. The van der Waals surface area contributed by atoms with E-state index in [1.165, 1.54) is 31.2 Å². The molecule has 1 aromatic rings. The Balaban J connectivity index is 1.41. The van der Waals surface area contributed by atoms with Crippen LogP contribution in [-0.2, 0) is 11.3 Å². The van der Waals surface area contributed by atoms with Crippen molar-refractivity contribution >= 4 is 5.91 Å². The fourth-order valence-electron chi connectivity index (χ4n) is 5.01. The average molecular weight is 341 g/mol. The first-order valence-corrected chi connectivity index (χ1v) is 10.0. The van der Waals surface area contributed by atoms with Crippen LogP contribution < -0.4 is 5.32 Å². The van der Waals surface area contributed by atoms with Crippen LogP contribution in [-0.4, -0.2) is 54.5 Å². The molecule has 1 N–H and O–H groups in total. The summed E-state index contributed by atoms with van der Waals surface area (Å²) in [5.41, 5.74) is 1.77. The average Bonchev–Trinajstić information content (AvgIpc) is 2.66. The standard InChI is InChI=1S/C21H31N3O/c25-20-8-9-21(10-12-22-13-11-21)17-24(20)19-7-4-14-23(16-19)15-18-5-2-1-3-6-18/h1-3,5-6,19,22H,4,7-17H2/t19-/m0/s1. The zero-order chi connectivity index (χ0) is 17.1. The van der Waals surface area contributed by atoms with Crippen molar-refractivity contribution < 1.29 is 4.79 Å². The summed E-state index contributed by atoms with van der Waals surface area (Å²) in [5.74, 6) is 0.399. The lowest BCUT2D eigenvalue weighted by molar-refractivity contribution is -0.143. The number of hydrogen-bond donors (Lipinski definition) is 1. The lowest BCUT2D eigenvalue weighted by Crippen LogP contribution is -2.57. The molecule has 1 spiro atoms. The van der Waals surface area contributed by atoms with Crippen LogP contribution in [0.25, 0.3) is 0 Å². The van der Waals surface area contributed by atoms with Crippen molar-refractivity contribution in [2.75, 3.05) is 32.7 Å². The second kappa shape index (κ2) is 7.46. The molecule has 3 heterocycles. The van der Waals surface area contributed by atoms with E-state index < -0.39 is 0 Å². The maximum absolute atomic E-state index is 12.7. The number of hydrogen-bond acceptors (Lipinski definition) is 3. The Labute approximate surface area is 151 Å². The van der Waals surface area contributed by atoms with Gasteiger partial charge in [-0.05, 0) is 62.7 Å². The van der Waals surface area contributed by atoms with Crippen LogP contribution >= 0.6 is 0 Å². The molecule has 3 saturated heterocycles. The lowest BCUT2D eigenvalue weighted by Gasteiger charge is -2.49. The van der Waals surface area contributed by atoms with Crippen molar-refractivity contribution in [3.63, 3.8) is 0 Å². The number of carbonyl (C=O) groups is 1. The number of benzene rings is 1. The monoisotopic (exact) mass is 341 g/mol. The van der Waals surface area contributed by atoms with Crippen LogP contribution in [0.15, 0.2) is 30.3 Å². The summed E-state index contributed by atoms with van der Waals surface area (Å²) >= 11 is 0. The Morgan fingerprint density at radius 1 is 1.12 bits per heavy atom. The van der Waals surface area contributed by atoms with Crippen LogP contribution in [0.3, 0.4) is 0 Å². The van der Waals surface area contributed by atoms with E-state index in [0.29, 0.717) is 17.4 Å². The molecule has 4 rings (SSSR count). The summed E-state index contributed by atoms with van der Waals surface area (Å²) < 4.78 is 0. The van der Waals surface area contributed by atoms with Gasteiger partial charge in [0.2, 0.25) is 5.91 Å². The molecule has 0 aromatic heterocycles. The molecule has 1 aromatic carbocycles. The quantitative estimate of drug-likeness (QED) is 0.918. The number of carbonyl (C=O) groups excluding carboxylic acids is 1. The number of likely N-dealkylation sites (tertiary alicyclic amines) is 2.